The molecule has 0 aliphatic heterocycles. The van der Waals surface area contributed by atoms with Gasteiger partial charge in [-0.15, -0.1) is 0 Å². The van der Waals surface area contributed by atoms with Gasteiger partial charge in [0.15, 0.2) is 0 Å². The first-order valence-corrected chi connectivity index (χ1v) is 7.61. The maximum atomic E-state index is 11.4. The molecular formula is C15H19Cl2NO4. The molecule has 0 fully saturated rings. The molecule has 0 spiro atoms. The lowest BCUT2D eigenvalue weighted by atomic mass is 10.0. The molecule has 0 aliphatic rings. The summed E-state index contributed by atoms with van der Waals surface area (Å²) in [6.45, 7) is 3.76. The lowest BCUT2D eigenvalue weighted by Gasteiger charge is -2.22. The predicted octanol–water partition coefficient (Wildman–Crippen LogP) is 3.08. The number of benzene rings is 1. The Morgan fingerprint density at radius 2 is 1.55 bits per heavy atom. The number of carboxylic acids is 2. The Hall–Kier alpha value is -1.30. The van der Waals surface area contributed by atoms with Gasteiger partial charge in [0.1, 0.15) is 12.1 Å². The van der Waals surface area contributed by atoms with Crippen LogP contribution >= 0.6 is 23.2 Å². The highest BCUT2D eigenvalue weighted by atomic mass is 35.5. The maximum absolute atomic E-state index is 11.4. The number of carbonyl (C=O) groups is 2. The maximum Gasteiger partial charge on any atom is 0.321 e. The van der Waals surface area contributed by atoms with Crippen LogP contribution in [0.3, 0.4) is 0 Å². The molecule has 0 bridgehead atoms. The molecule has 1 aromatic rings. The molecule has 0 radical (unpaired) electrons. The molecule has 122 valence electrons. The lowest BCUT2D eigenvalue weighted by Crippen LogP contribution is -2.48. The van der Waals surface area contributed by atoms with Crippen LogP contribution in [0.2, 0.25) is 10.0 Å². The Kier molecular flexibility index (Phi) is 7.13. The van der Waals surface area contributed by atoms with Crippen LogP contribution in [0.15, 0.2) is 18.2 Å². The number of carboxylic acid groups (broad SMARTS) is 2. The summed E-state index contributed by atoms with van der Waals surface area (Å²) in [6, 6.07) is 2.83. The Labute approximate surface area is 139 Å². The zero-order chi connectivity index (χ0) is 16.9. The summed E-state index contributed by atoms with van der Waals surface area (Å²) in [6.07, 6.45) is 0.437. The van der Waals surface area contributed by atoms with E-state index in [1.54, 1.807) is 18.2 Å². The van der Waals surface area contributed by atoms with Gasteiger partial charge in [0.25, 0.3) is 0 Å². The minimum Gasteiger partial charge on any atom is -0.480 e. The fraction of sp³-hybridized carbons (Fsp3) is 0.467. The summed E-state index contributed by atoms with van der Waals surface area (Å²) in [5.74, 6) is -2.06. The molecule has 1 rings (SSSR count). The minimum absolute atomic E-state index is 0.0947. The van der Waals surface area contributed by atoms with Gasteiger partial charge >= 0.3 is 11.9 Å². The number of nitrogens with one attached hydrogen (secondary N) is 1. The Bertz CT molecular complexity index is 528. The average Bonchev–Trinajstić information content (AvgIpc) is 2.34. The second-order valence-corrected chi connectivity index (χ2v) is 6.43. The monoisotopic (exact) mass is 347 g/mol. The van der Waals surface area contributed by atoms with Crippen LogP contribution in [0.1, 0.15) is 25.8 Å². The van der Waals surface area contributed by atoms with Crippen molar-refractivity contribution >= 4 is 35.1 Å². The third kappa shape index (κ3) is 6.22. The highest BCUT2D eigenvalue weighted by Gasteiger charge is 2.26. The van der Waals surface area contributed by atoms with Crippen molar-refractivity contribution in [3.8, 4) is 0 Å². The summed E-state index contributed by atoms with van der Waals surface area (Å²) >= 11 is 11.8. The van der Waals surface area contributed by atoms with Gasteiger partial charge in [0.2, 0.25) is 0 Å². The number of hydrogen-bond acceptors (Lipinski definition) is 3. The van der Waals surface area contributed by atoms with E-state index in [2.05, 4.69) is 5.32 Å². The van der Waals surface area contributed by atoms with Crippen LogP contribution in [0.25, 0.3) is 0 Å². The SMILES string of the molecule is CC(C)C[C@H](N[C@@H](Cc1cc(Cl)cc(Cl)c1)C(=O)O)C(=O)O. The molecule has 0 amide bonds. The zero-order valence-corrected chi connectivity index (χ0v) is 13.9. The van der Waals surface area contributed by atoms with E-state index in [4.69, 9.17) is 23.2 Å². The topological polar surface area (TPSA) is 86.6 Å². The third-order valence-corrected chi connectivity index (χ3v) is 3.50. The molecule has 1 aromatic carbocycles. The molecule has 0 unspecified atom stereocenters. The van der Waals surface area contributed by atoms with Gasteiger partial charge < -0.3 is 10.2 Å². The van der Waals surface area contributed by atoms with Crippen molar-refractivity contribution in [2.45, 2.75) is 38.8 Å². The fourth-order valence-corrected chi connectivity index (χ4v) is 2.71. The van der Waals surface area contributed by atoms with E-state index in [9.17, 15) is 19.8 Å². The van der Waals surface area contributed by atoms with E-state index >= 15 is 0 Å². The second kappa shape index (κ2) is 8.36. The van der Waals surface area contributed by atoms with E-state index in [1.807, 2.05) is 13.8 Å². The van der Waals surface area contributed by atoms with E-state index in [0.717, 1.165) is 0 Å². The van der Waals surface area contributed by atoms with Crippen LogP contribution in [0.5, 0.6) is 0 Å². The van der Waals surface area contributed by atoms with Crippen molar-refractivity contribution in [2.24, 2.45) is 5.92 Å². The Morgan fingerprint density at radius 1 is 1.05 bits per heavy atom. The van der Waals surface area contributed by atoms with E-state index in [1.165, 1.54) is 0 Å². The third-order valence-electron chi connectivity index (χ3n) is 3.07. The Balaban J connectivity index is 2.88. The second-order valence-electron chi connectivity index (χ2n) is 5.56. The summed E-state index contributed by atoms with van der Waals surface area (Å²) in [5, 5.41) is 22.0. The molecule has 0 heterocycles. The van der Waals surface area contributed by atoms with Crippen molar-refractivity contribution in [2.75, 3.05) is 0 Å². The molecule has 0 saturated carbocycles. The van der Waals surface area contributed by atoms with Gasteiger partial charge in [-0.25, -0.2) is 0 Å². The van der Waals surface area contributed by atoms with Crippen molar-refractivity contribution in [1.29, 1.82) is 0 Å². The number of rotatable bonds is 8. The normalized spacial score (nSPS) is 13.9. The van der Waals surface area contributed by atoms with Crippen molar-refractivity contribution < 1.29 is 19.8 Å². The van der Waals surface area contributed by atoms with Crippen molar-refractivity contribution in [1.82, 2.24) is 5.32 Å². The molecule has 3 N–H and O–H groups in total. The number of aliphatic carboxylic acids is 2. The first-order chi connectivity index (χ1) is 10.2. The lowest BCUT2D eigenvalue weighted by molar-refractivity contribution is -0.142. The molecule has 7 heteroatoms. The smallest absolute Gasteiger partial charge is 0.321 e. The van der Waals surface area contributed by atoms with Gasteiger partial charge in [-0.3, -0.25) is 14.9 Å². The molecular weight excluding hydrogens is 329 g/mol. The highest BCUT2D eigenvalue weighted by molar-refractivity contribution is 6.34. The first-order valence-electron chi connectivity index (χ1n) is 6.85. The average molecular weight is 348 g/mol. The van der Waals surface area contributed by atoms with Gasteiger partial charge in [0.05, 0.1) is 0 Å². The Morgan fingerprint density at radius 3 is 1.95 bits per heavy atom. The van der Waals surface area contributed by atoms with Crippen molar-refractivity contribution in [3.63, 3.8) is 0 Å². The zero-order valence-electron chi connectivity index (χ0n) is 12.3. The summed E-state index contributed by atoms with van der Waals surface area (Å²) in [5.41, 5.74) is 0.631. The van der Waals surface area contributed by atoms with Crippen molar-refractivity contribution in [3.05, 3.63) is 33.8 Å². The predicted molar refractivity (Wildman–Crippen MR) is 85.6 cm³/mol. The van der Waals surface area contributed by atoms with Gasteiger partial charge in [-0.2, -0.15) is 0 Å². The number of hydrogen-bond donors (Lipinski definition) is 3. The van der Waals surface area contributed by atoms with Crippen LogP contribution < -0.4 is 5.32 Å². The fourth-order valence-electron chi connectivity index (χ4n) is 2.14. The van der Waals surface area contributed by atoms with E-state index in [-0.39, 0.29) is 12.3 Å². The molecule has 2 atom stereocenters. The molecule has 0 aliphatic carbocycles. The van der Waals surface area contributed by atoms with Crippen LogP contribution in [-0.2, 0) is 16.0 Å². The summed E-state index contributed by atoms with van der Waals surface area (Å²) in [4.78, 5) is 22.7. The van der Waals surface area contributed by atoms with Crippen LogP contribution in [0.4, 0.5) is 0 Å². The first kappa shape index (κ1) is 18.7. The van der Waals surface area contributed by atoms with Crippen LogP contribution in [0, 0.1) is 5.92 Å². The van der Waals surface area contributed by atoms with Gasteiger partial charge in [-0.1, -0.05) is 37.0 Å². The van der Waals surface area contributed by atoms with Gasteiger partial charge in [0, 0.05) is 10.0 Å². The molecule has 5 nitrogen and oxygen atoms in total. The number of halogens is 2. The quantitative estimate of drug-likeness (QED) is 0.672. The standard InChI is InChI=1S/C15H19Cl2NO4/c1-8(2)3-12(14(19)20)18-13(15(21)22)6-9-4-10(16)7-11(17)5-9/h4-5,7-8,12-13,18H,3,6H2,1-2H3,(H,19,20)(H,21,22)/t12-,13-/m0/s1. The highest BCUT2D eigenvalue weighted by Crippen LogP contribution is 2.20. The van der Waals surface area contributed by atoms with Crippen LogP contribution in [-0.4, -0.2) is 34.2 Å². The van der Waals surface area contributed by atoms with Gasteiger partial charge in [-0.05, 0) is 42.5 Å². The minimum atomic E-state index is -1.12. The molecule has 0 saturated heterocycles. The van der Waals surface area contributed by atoms with E-state index in [0.29, 0.717) is 22.0 Å². The summed E-state index contributed by atoms with van der Waals surface area (Å²) < 4.78 is 0. The molecule has 0 aromatic heterocycles. The molecule has 22 heavy (non-hydrogen) atoms. The van der Waals surface area contributed by atoms with E-state index < -0.39 is 24.0 Å². The summed E-state index contributed by atoms with van der Waals surface area (Å²) in [7, 11) is 0. The largest absolute Gasteiger partial charge is 0.480 e.